The number of likely N-dealkylation sites (tertiary alicyclic amines) is 2. The van der Waals surface area contributed by atoms with Gasteiger partial charge < -0.3 is 29.2 Å². The maximum absolute atomic E-state index is 13.3. The molecule has 0 amide bonds. The molecule has 0 radical (unpaired) electrons. The number of nitrogens with zero attached hydrogens (tertiary/aromatic N) is 2. The Morgan fingerprint density at radius 2 is 1.08 bits per heavy atom. The lowest BCUT2D eigenvalue weighted by atomic mass is 9.49. The van der Waals surface area contributed by atoms with Gasteiger partial charge in [0.15, 0.2) is 46.8 Å². The van der Waals surface area contributed by atoms with E-state index in [2.05, 4.69) is 23.0 Å². The highest BCUT2D eigenvalue weighted by Crippen LogP contribution is 2.66. The van der Waals surface area contributed by atoms with Gasteiger partial charge in [-0.1, -0.05) is 50.0 Å². The average molecular weight is 821 g/mol. The summed E-state index contributed by atoms with van der Waals surface area (Å²) in [6.07, 6.45) is 11.1. The minimum absolute atomic E-state index is 0.00889. The quantitative estimate of drug-likeness (QED) is 0.106. The molecule has 2 aromatic rings. The molecule has 12 nitrogen and oxygen atoms in total. The Hall–Kier alpha value is -4.36. The molecule has 4 aliphatic carbocycles. The summed E-state index contributed by atoms with van der Waals surface area (Å²) in [5, 5.41) is 24.8. The SMILES string of the molecule is C=CCN1CC[C@]23c4c5ccc(OC(=O)CCCCCCCCC(=O)Oc6ccc7c8c6O[C@H]6C(=O)CC[C@@]9(O)[C@@H](C7)N(CC=C)CC[C@]869)c4O[C@H]2C(=O)CC[C@@]3(O)[C@H]1C5. The molecule has 8 atom stereocenters. The molecule has 2 saturated carbocycles. The topological polar surface area (TPSA) is 152 Å². The van der Waals surface area contributed by atoms with Crippen molar-refractivity contribution in [3.63, 3.8) is 0 Å². The number of carbonyl (C=O) groups is 4. The standard InChI is InChI=1S/C48H56N2O10/c1-3-23-49-25-21-45-39-29-13-15-33(41(39)59-43(45)31(51)17-19-47(45,55)35(49)27-29)57-37(53)11-9-7-5-6-8-10-12-38(54)58-34-16-14-30-28-36-48(56)20-18-32(52)44-46(48,40(30)42(34)60-44)22-26-50(36)24-4-2/h3-4,13-16,35-36,43-44,55-56H,1-2,5-12,17-28H2/t35-,36-,43+,44+,45+,46+,47-,48-/m1/s1. The summed E-state index contributed by atoms with van der Waals surface area (Å²) in [5.41, 5.74) is -0.144. The fraction of sp³-hybridized carbons (Fsp3) is 0.583. The van der Waals surface area contributed by atoms with Crippen LogP contribution >= 0.6 is 0 Å². The third-order valence-electron chi connectivity index (χ3n) is 15.9. The highest BCUT2D eigenvalue weighted by atomic mass is 16.6. The van der Waals surface area contributed by atoms with Crippen LogP contribution in [0.5, 0.6) is 23.0 Å². The van der Waals surface area contributed by atoms with Crippen LogP contribution < -0.4 is 18.9 Å². The molecule has 318 valence electrons. The number of aliphatic hydroxyl groups is 2. The Balaban J connectivity index is 0.706. The van der Waals surface area contributed by atoms with Crippen molar-refractivity contribution in [2.45, 2.75) is 149 Å². The van der Waals surface area contributed by atoms with Gasteiger partial charge in [-0.25, -0.2) is 0 Å². The molecule has 2 N–H and O–H groups in total. The number of hydrogen-bond acceptors (Lipinski definition) is 12. The van der Waals surface area contributed by atoms with Gasteiger partial charge >= 0.3 is 11.9 Å². The zero-order chi connectivity index (χ0) is 41.6. The van der Waals surface area contributed by atoms with Gasteiger partial charge in [-0.2, -0.15) is 0 Å². The normalized spacial score (nSPS) is 33.9. The third kappa shape index (κ3) is 5.48. The van der Waals surface area contributed by atoms with Crippen molar-refractivity contribution in [2.24, 2.45) is 0 Å². The van der Waals surface area contributed by atoms with E-state index in [1.54, 1.807) is 12.1 Å². The van der Waals surface area contributed by atoms with Crippen molar-refractivity contribution in [2.75, 3.05) is 26.2 Å². The van der Waals surface area contributed by atoms with E-state index in [9.17, 15) is 29.4 Å². The lowest BCUT2D eigenvalue weighted by molar-refractivity contribution is -0.187. The fourth-order valence-electron chi connectivity index (χ4n) is 13.3. The average Bonchev–Trinajstić information content (AvgIpc) is 3.77. The number of ketones is 2. The van der Waals surface area contributed by atoms with E-state index in [0.717, 1.165) is 61.0 Å². The van der Waals surface area contributed by atoms with Gasteiger partial charge in [0.1, 0.15) is 0 Å². The molecule has 8 aliphatic rings. The van der Waals surface area contributed by atoms with E-state index in [1.807, 2.05) is 24.3 Å². The first kappa shape index (κ1) is 39.8. The first-order valence-corrected chi connectivity index (χ1v) is 22.3. The number of esters is 2. The van der Waals surface area contributed by atoms with Crippen molar-refractivity contribution in [3.8, 4) is 23.0 Å². The Labute approximate surface area is 350 Å². The predicted molar refractivity (Wildman–Crippen MR) is 219 cm³/mol. The molecular weight excluding hydrogens is 765 g/mol. The highest BCUT2D eigenvalue weighted by molar-refractivity contribution is 5.91. The van der Waals surface area contributed by atoms with E-state index in [1.165, 1.54) is 0 Å². The van der Waals surface area contributed by atoms with Crippen LogP contribution in [0.25, 0.3) is 0 Å². The third-order valence-corrected chi connectivity index (χ3v) is 15.9. The van der Waals surface area contributed by atoms with Crippen molar-refractivity contribution >= 4 is 23.5 Å². The molecule has 2 aromatic carbocycles. The Morgan fingerprint density at radius 3 is 1.50 bits per heavy atom. The zero-order valence-electron chi connectivity index (χ0n) is 34.4. The van der Waals surface area contributed by atoms with Gasteiger partial charge in [0.05, 0.1) is 22.0 Å². The summed E-state index contributed by atoms with van der Waals surface area (Å²) in [6.45, 7) is 10.6. The molecule has 12 heteroatoms. The van der Waals surface area contributed by atoms with Crippen molar-refractivity contribution in [3.05, 3.63) is 71.8 Å². The van der Waals surface area contributed by atoms with Gasteiger partial charge in [-0.05, 0) is 74.6 Å². The largest absolute Gasteiger partial charge is 0.477 e. The maximum atomic E-state index is 13.3. The molecule has 0 aromatic heterocycles. The van der Waals surface area contributed by atoms with Gasteiger partial charge in [-0.3, -0.25) is 29.0 Å². The lowest BCUT2D eigenvalue weighted by Crippen LogP contribution is -2.76. The minimum Gasteiger partial charge on any atom is -0.477 e. The van der Waals surface area contributed by atoms with Gasteiger partial charge in [0, 0.05) is 75.1 Å². The first-order valence-electron chi connectivity index (χ1n) is 22.3. The van der Waals surface area contributed by atoms with E-state index >= 15 is 0 Å². The number of ether oxygens (including phenoxy) is 4. The molecule has 10 rings (SSSR count). The summed E-state index contributed by atoms with van der Waals surface area (Å²) >= 11 is 0. The molecule has 2 spiro atoms. The number of carbonyl (C=O) groups excluding carboxylic acids is 4. The first-order chi connectivity index (χ1) is 29.0. The fourth-order valence-corrected chi connectivity index (χ4v) is 13.3. The summed E-state index contributed by atoms with van der Waals surface area (Å²) < 4.78 is 24.6. The van der Waals surface area contributed by atoms with Crippen LogP contribution in [0.1, 0.15) is 112 Å². The molecule has 4 fully saturated rings. The molecule has 60 heavy (non-hydrogen) atoms. The number of rotatable bonds is 15. The lowest BCUT2D eigenvalue weighted by Gasteiger charge is -2.62. The molecule has 4 heterocycles. The monoisotopic (exact) mass is 820 g/mol. The summed E-state index contributed by atoms with van der Waals surface area (Å²) in [5.74, 6) is 0.778. The second kappa shape index (κ2) is 14.6. The molecule has 2 saturated heterocycles. The summed E-state index contributed by atoms with van der Waals surface area (Å²) in [4.78, 5) is 57.4. The number of unbranched alkanes of at least 4 members (excludes halogenated alkanes) is 5. The van der Waals surface area contributed by atoms with E-state index in [4.69, 9.17) is 18.9 Å². The number of piperidine rings is 2. The van der Waals surface area contributed by atoms with E-state index in [-0.39, 0.29) is 61.3 Å². The Bertz CT molecular complexity index is 2040. The number of hydrogen-bond donors (Lipinski definition) is 2. The highest BCUT2D eigenvalue weighted by Gasteiger charge is 2.74. The van der Waals surface area contributed by atoms with Gasteiger partial charge in [-0.15, -0.1) is 13.2 Å². The van der Waals surface area contributed by atoms with Crippen LogP contribution in [-0.4, -0.2) is 105 Å². The second-order valence-corrected chi connectivity index (χ2v) is 18.7. The molecular formula is C48H56N2O10. The van der Waals surface area contributed by atoms with Crippen LogP contribution in [-0.2, 0) is 42.8 Å². The van der Waals surface area contributed by atoms with E-state index in [0.29, 0.717) is 87.5 Å². The Kier molecular flexibility index (Phi) is 9.70. The molecule has 4 aliphatic heterocycles. The maximum Gasteiger partial charge on any atom is 0.311 e. The van der Waals surface area contributed by atoms with Gasteiger partial charge in [0.2, 0.25) is 0 Å². The zero-order valence-corrected chi connectivity index (χ0v) is 34.4. The Morgan fingerprint density at radius 1 is 0.667 bits per heavy atom. The smallest absolute Gasteiger partial charge is 0.311 e. The molecule has 4 bridgehead atoms. The van der Waals surface area contributed by atoms with Gasteiger partial charge in [0.25, 0.3) is 0 Å². The van der Waals surface area contributed by atoms with Crippen LogP contribution in [0.3, 0.4) is 0 Å². The van der Waals surface area contributed by atoms with Crippen LogP contribution in [0, 0.1) is 0 Å². The number of Topliss-reactive ketones (excluding diaryl/α,β-unsaturated/α-hetero) is 2. The van der Waals surface area contributed by atoms with Crippen molar-refractivity contribution in [1.82, 2.24) is 9.80 Å². The summed E-state index contributed by atoms with van der Waals surface area (Å²) in [7, 11) is 0. The summed E-state index contributed by atoms with van der Waals surface area (Å²) in [6, 6.07) is 7.20. The van der Waals surface area contributed by atoms with E-state index < -0.39 is 34.2 Å². The minimum atomic E-state index is -1.12. The van der Waals surface area contributed by atoms with Crippen LogP contribution in [0.2, 0.25) is 0 Å². The van der Waals surface area contributed by atoms with Crippen LogP contribution in [0.4, 0.5) is 0 Å². The predicted octanol–water partition coefficient (Wildman–Crippen LogP) is 5.14. The van der Waals surface area contributed by atoms with Crippen LogP contribution in [0.15, 0.2) is 49.6 Å². The number of benzene rings is 2. The van der Waals surface area contributed by atoms with Crippen molar-refractivity contribution in [1.29, 1.82) is 0 Å². The second-order valence-electron chi connectivity index (χ2n) is 18.7. The van der Waals surface area contributed by atoms with Crippen molar-refractivity contribution < 1.29 is 48.3 Å². The molecule has 0 unspecified atom stereocenters.